The van der Waals surface area contributed by atoms with Crippen LogP contribution in [-0.2, 0) is 11.8 Å². The van der Waals surface area contributed by atoms with E-state index in [1.54, 1.807) is 15.5 Å². The van der Waals surface area contributed by atoms with E-state index in [9.17, 15) is 9.59 Å². The number of aromatic nitrogens is 1. The van der Waals surface area contributed by atoms with Gasteiger partial charge in [-0.2, -0.15) is 0 Å². The first-order chi connectivity index (χ1) is 9.49. The summed E-state index contributed by atoms with van der Waals surface area (Å²) in [7, 11) is 1.82. The fourth-order valence-corrected chi connectivity index (χ4v) is 2.44. The van der Waals surface area contributed by atoms with E-state index in [1.165, 1.54) is 0 Å². The van der Waals surface area contributed by atoms with Crippen molar-refractivity contribution in [2.45, 2.75) is 26.7 Å². The van der Waals surface area contributed by atoms with Gasteiger partial charge in [-0.05, 0) is 34.8 Å². The molecule has 0 fully saturated rings. The Morgan fingerprint density at radius 2 is 2.05 bits per heavy atom. The Hall–Kier alpha value is -1.30. The van der Waals surface area contributed by atoms with E-state index in [0.29, 0.717) is 18.8 Å². The third-order valence-corrected chi connectivity index (χ3v) is 3.31. The van der Waals surface area contributed by atoms with E-state index in [-0.39, 0.29) is 18.4 Å². The molecule has 0 aliphatic heterocycles. The number of aryl methyl sites for hydroxylation is 1. The van der Waals surface area contributed by atoms with Crippen molar-refractivity contribution in [3.63, 3.8) is 0 Å². The van der Waals surface area contributed by atoms with E-state index in [2.05, 4.69) is 21.2 Å². The quantitative estimate of drug-likeness (QED) is 0.824. The van der Waals surface area contributed by atoms with Crippen LogP contribution in [0.2, 0.25) is 0 Å². The summed E-state index contributed by atoms with van der Waals surface area (Å²) in [6.45, 7) is 5.31. The van der Waals surface area contributed by atoms with Crippen molar-refractivity contribution < 1.29 is 9.59 Å². The van der Waals surface area contributed by atoms with Gasteiger partial charge in [0.1, 0.15) is 5.69 Å². The number of nitrogens with one attached hydrogen (secondary N) is 1. The van der Waals surface area contributed by atoms with Gasteiger partial charge in [-0.25, -0.2) is 0 Å². The van der Waals surface area contributed by atoms with Gasteiger partial charge in [0, 0.05) is 30.8 Å². The van der Waals surface area contributed by atoms with Crippen molar-refractivity contribution in [3.8, 4) is 0 Å². The SMILES string of the molecule is CCCNC(=O)CN(CCC)C(=O)c1cc(Br)cn1C. The molecule has 0 atom stereocenters. The maximum Gasteiger partial charge on any atom is 0.270 e. The summed E-state index contributed by atoms with van der Waals surface area (Å²) in [5, 5.41) is 2.80. The van der Waals surface area contributed by atoms with Gasteiger partial charge in [0.2, 0.25) is 5.91 Å². The fraction of sp³-hybridized carbons (Fsp3) is 0.571. The molecule has 1 heterocycles. The monoisotopic (exact) mass is 343 g/mol. The molecule has 0 aliphatic carbocycles. The minimum Gasteiger partial charge on any atom is -0.355 e. The Balaban J connectivity index is 2.77. The van der Waals surface area contributed by atoms with E-state index in [1.807, 2.05) is 27.1 Å². The number of hydrogen-bond donors (Lipinski definition) is 1. The predicted molar refractivity (Wildman–Crippen MR) is 82.6 cm³/mol. The van der Waals surface area contributed by atoms with Gasteiger partial charge in [-0.1, -0.05) is 13.8 Å². The molecule has 0 unspecified atom stereocenters. The molecule has 1 aromatic heterocycles. The summed E-state index contributed by atoms with van der Waals surface area (Å²) in [5.41, 5.74) is 0.577. The van der Waals surface area contributed by atoms with Crippen LogP contribution in [0.15, 0.2) is 16.7 Å². The number of nitrogens with zero attached hydrogens (tertiary/aromatic N) is 2. The standard InChI is InChI=1S/C14H22BrN3O2/c1-4-6-16-13(19)10-18(7-5-2)14(20)12-8-11(15)9-17(12)3/h8-9H,4-7,10H2,1-3H3,(H,16,19). The molecule has 0 bridgehead atoms. The predicted octanol–water partition coefficient (Wildman–Crippen LogP) is 2.17. The fourth-order valence-electron chi connectivity index (χ4n) is 1.91. The molecule has 0 spiro atoms. The lowest BCUT2D eigenvalue weighted by atomic mass is 10.3. The highest BCUT2D eigenvalue weighted by Crippen LogP contribution is 2.15. The van der Waals surface area contributed by atoms with Crippen molar-refractivity contribution >= 4 is 27.7 Å². The average molecular weight is 344 g/mol. The van der Waals surface area contributed by atoms with Crippen molar-refractivity contribution in [1.82, 2.24) is 14.8 Å². The van der Waals surface area contributed by atoms with Crippen LogP contribution in [0.25, 0.3) is 0 Å². The van der Waals surface area contributed by atoms with Crippen LogP contribution in [0.3, 0.4) is 0 Å². The van der Waals surface area contributed by atoms with Gasteiger partial charge < -0.3 is 14.8 Å². The maximum atomic E-state index is 12.5. The van der Waals surface area contributed by atoms with E-state index in [0.717, 1.165) is 17.3 Å². The zero-order chi connectivity index (χ0) is 15.1. The third kappa shape index (κ3) is 4.67. The van der Waals surface area contributed by atoms with Crippen LogP contribution in [-0.4, -0.2) is 40.9 Å². The topological polar surface area (TPSA) is 54.3 Å². The molecule has 20 heavy (non-hydrogen) atoms. The molecule has 5 nitrogen and oxygen atoms in total. The van der Waals surface area contributed by atoms with Gasteiger partial charge >= 0.3 is 0 Å². The molecule has 1 rings (SSSR count). The van der Waals surface area contributed by atoms with Gasteiger partial charge in [-0.15, -0.1) is 0 Å². The highest BCUT2D eigenvalue weighted by Gasteiger charge is 2.20. The van der Waals surface area contributed by atoms with Crippen LogP contribution >= 0.6 is 15.9 Å². The lowest BCUT2D eigenvalue weighted by Crippen LogP contribution is -2.41. The zero-order valence-corrected chi connectivity index (χ0v) is 13.9. The summed E-state index contributed by atoms with van der Waals surface area (Å²) in [5.74, 6) is -0.228. The second kappa shape index (κ2) is 8.09. The van der Waals surface area contributed by atoms with E-state index in [4.69, 9.17) is 0 Å². The summed E-state index contributed by atoms with van der Waals surface area (Å²) in [4.78, 5) is 25.9. The first-order valence-corrected chi connectivity index (χ1v) is 7.66. The molecule has 6 heteroatoms. The first kappa shape index (κ1) is 16.8. The molecule has 0 aromatic carbocycles. The smallest absolute Gasteiger partial charge is 0.270 e. The molecule has 0 saturated carbocycles. The summed E-state index contributed by atoms with van der Waals surface area (Å²) in [6, 6.07) is 1.77. The first-order valence-electron chi connectivity index (χ1n) is 6.87. The number of hydrogen-bond acceptors (Lipinski definition) is 2. The number of halogens is 1. The summed E-state index contributed by atoms with van der Waals surface area (Å²) in [6.07, 6.45) is 3.53. The van der Waals surface area contributed by atoms with Crippen LogP contribution in [0.5, 0.6) is 0 Å². The van der Waals surface area contributed by atoms with E-state index >= 15 is 0 Å². The van der Waals surface area contributed by atoms with Crippen molar-refractivity contribution in [2.24, 2.45) is 7.05 Å². The normalized spacial score (nSPS) is 10.4. The average Bonchev–Trinajstić information content (AvgIpc) is 2.74. The van der Waals surface area contributed by atoms with Crippen LogP contribution in [0, 0.1) is 0 Å². The Morgan fingerprint density at radius 1 is 1.35 bits per heavy atom. The molecular formula is C14H22BrN3O2. The highest BCUT2D eigenvalue weighted by molar-refractivity contribution is 9.10. The molecule has 1 N–H and O–H groups in total. The van der Waals surface area contributed by atoms with Crippen LogP contribution in [0.4, 0.5) is 0 Å². The Labute approximate surface area is 128 Å². The molecule has 112 valence electrons. The zero-order valence-electron chi connectivity index (χ0n) is 12.3. The van der Waals surface area contributed by atoms with Gasteiger partial charge in [0.15, 0.2) is 0 Å². The minimum atomic E-state index is -0.119. The molecule has 0 aliphatic rings. The largest absolute Gasteiger partial charge is 0.355 e. The third-order valence-electron chi connectivity index (χ3n) is 2.88. The van der Waals surface area contributed by atoms with Gasteiger partial charge in [-0.3, -0.25) is 9.59 Å². The second-order valence-corrected chi connectivity index (χ2v) is 5.65. The number of carbonyl (C=O) groups is 2. The van der Waals surface area contributed by atoms with Gasteiger partial charge in [0.25, 0.3) is 5.91 Å². The lowest BCUT2D eigenvalue weighted by Gasteiger charge is -2.21. The Morgan fingerprint density at radius 3 is 2.55 bits per heavy atom. The molecule has 0 saturated heterocycles. The highest BCUT2D eigenvalue weighted by atomic mass is 79.9. The number of amides is 2. The van der Waals surface area contributed by atoms with Crippen LogP contribution < -0.4 is 5.32 Å². The minimum absolute atomic E-state index is 0.107. The van der Waals surface area contributed by atoms with Crippen molar-refractivity contribution in [2.75, 3.05) is 19.6 Å². The van der Waals surface area contributed by atoms with Crippen LogP contribution in [0.1, 0.15) is 37.2 Å². The number of carbonyl (C=O) groups excluding carboxylic acids is 2. The number of rotatable bonds is 7. The maximum absolute atomic E-state index is 12.5. The Kier molecular flexibility index (Phi) is 6.78. The molecular weight excluding hydrogens is 322 g/mol. The second-order valence-electron chi connectivity index (χ2n) is 4.73. The molecule has 1 aromatic rings. The van der Waals surface area contributed by atoms with E-state index < -0.39 is 0 Å². The summed E-state index contributed by atoms with van der Waals surface area (Å²) < 4.78 is 2.62. The molecule has 2 amide bonds. The Bertz CT molecular complexity index is 471. The van der Waals surface area contributed by atoms with Crippen molar-refractivity contribution in [3.05, 3.63) is 22.4 Å². The molecule has 0 radical (unpaired) electrons. The summed E-state index contributed by atoms with van der Waals surface area (Å²) >= 11 is 3.35. The lowest BCUT2D eigenvalue weighted by molar-refractivity contribution is -0.121. The van der Waals surface area contributed by atoms with Gasteiger partial charge in [0.05, 0.1) is 6.54 Å². The van der Waals surface area contributed by atoms with Crippen molar-refractivity contribution in [1.29, 1.82) is 0 Å².